The number of carbonyl (C=O) groups excluding carboxylic acids is 1. The van der Waals surface area contributed by atoms with E-state index < -0.39 is 27.1 Å². The molecule has 10 nitrogen and oxygen atoms in total. The van der Waals surface area contributed by atoms with Gasteiger partial charge < -0.3 is 9.64 Å². The van der Waals surface area contributed by atoms with Crippen LogP contribution in [0.15, 0.2) is 22.4 Å². The summed E-state index contributed by atoms with van der Waals surface area (Å²) in [6.07, 6.45) is 5.23. The predicted molar refractivity (Wildman–Crippen MR) is 144 cm³/mol. The third-order valence-corrected chi connectivity index (χ3v) is 7.83. The van der Waals surface area contributed by atoms with Gasteiger partial charge in [0.25, 0.3) is 5.13 Å². The lowest BCUT2D eigenvalue weighted by atomic mass is 9.93. The molecule has 2 heterocycles. The summed E-state index contributed by atoms with van der Waals surface area (Å²) in [5.41, 5.74) is -5.24. The van der Waals surface area contributed by atoms with E-state index in [1.165, 1.54) is 6.07 Å². The fourth-order valence-corrected chi connectivity index (χ4v) is 5.26. The molecule has 1 aliphatic rings. The molecule has 0 fully saturated rings. The van der Waals surface area contributed by atoms with Gasteiger partial charge in [-0.1, -0.05) is 38.0 Å². The van der Waals surface area contributed by atoms with Crippen molar-refractivity contribution in [2.45, 2.75) is 90.3 Å². The molecule has 0 amide bonds. The summed E-state index contributed by atoms with van der Waals surface area (Å²) >= 11 is 0.784. The van der Waals surface area contributed by atoms with E-state index >= 15 is 0 Å². The van der Waals surface area contributed by atoms with Gasteiger partial charge in [0, 0.05) is 18.3 Å². The van der Waals surface area contributed by atoms with Crippen molar-refractivity contribution in [3.05, 3.63) is 22.7 Å². The van der Waals surface area contributed by atoms with E-state index in [-0.39, 0.29) is 27.6 Å². The second-order valence-corrected chi connectivity index (χ2v) is 12.8. The minimum Gasteiger partial charge on any atom is -0.455 e. The van der Waals surface area contributed by atoms with E-state index in [9.17, 15) is 26.4 Å². The number of anilines is 2. The van der Waals surface area contributed by atoms with Crippen molar-refractivity contribution in [2.24, 2.45) is 10.2 Å². The molecular formula is C24H33F3N6O4S2. The van der Waals surface area contributed by atoms with Crippen molar-refractivity contribution < 1.29 is 31.1 Å². The van der Waals surface area contributed by atoms with Crippen LogP contribution in [0.1, 0.15) is 82.1 Å². The molecule has 1 N–H and O–H groups in total. The molecule has 0 aliphatic carbocycles. The number of nitrogens with one attached hydrogen (secondary N) is 1. The van der Waals surface area contributed by atoms with Crippen molar-refractivity contribution in [2.75, 3.05) is 16.2 Å². The SMILES string of the molecule is CCCCCN1c2cc(NS(=O)(=O)C(F)(F)F)c(N=Nc3nnc(C(=O)OC(C)(C)C)s3)cc2CCC1CC. The molecule has 0 bridgehead atoms. The Morgan fingerprint density at radius 2 is 1.90 bits per heavy atom. The molecule has 1 atom stereocenters. The number of hydrogen-bond donors (Lipinski definition) is 1. The minimum atomic E-state index is -5.72. The van der Waals surface area contributed by atoms with Crippen LogP contribution < -0.4 is 9.62 Å². The second-order valence-electron chi connectivity index (χ2n) is 10.1. The third kappa shape index (κ3) is 7.87. The largest absolute Gasteiger partial charge is 0.516 e. The summed E-state index contributed by atoms with van der Waals surface area (Å²) in [6, 6.07) is 3.12. The Morgan fingerprint density at radius 3 is 2.51 bits per heavy atom. The fourth-order valence-electron chi connectivity index (χ4n) is 4.15. The molecule has 1 aromatic heterocycles. The number of unbranched alkanes of at least 4 members (excludes halogenated alkanes) is 2. The number of fused-ring (bicyclic) bond motifs is 1. The third-order valence-electron chi connectivity index (χ3n) is 5.95. The van der Waals surface area contributed by atoms with E-state index in [1.54, 1.807) is 31.6 Å². The van der Waals surface area contributed by atoms with E-state index in [0.717, 1.165) is 49.0 Å². The average Bonchev–Trinajstić information content (AvgIpc) is 3.30. The summed E-state index contributed by atoms with van der Waals surface area (Å²) in [5, 5.41) is 15.3. The summed E-state index contributed by atoms with van der Waals surface area (Å²) < 4.78 is 70.7. The van der Waals surface area contributed by atoms with Gasteiger partial charge in [-0.05, 0) is 64.2 Å². The maximum absolute atomic E-state index is 13.3. The number of esters is 1. The minimum absolute atomic E-state index is 0.0505. The van der Waals surface area contributed by atoms with E-state index in [0.29, 0.717) is 18.7 Å². The number of sulfonamides is 1. The predicted octanol–water partition coefficient (Wildman–Crippen LogP) is 6.89. The molecule has 3 rings (SSSR count). The number of benzene rings is 1. The topological polar surface area (TPSA) is 126 Å². The van der Waals surface area contributed by atoms with Crippen LogP contribution in [0.4, 0.5) is 35.4 Å². The number of carbonyl (C=O) groups is 1. The highest BCUT2D eigenvalue weighted by atomic mass is 32.2. The standard InChI is InChI=1S/C24H33F3N6O4S2/c1-6-8-9-12-33-16(7-2)11-10-15-13-17(18(14-19(15)33)32-39(35,36)24(25,26)27)28-30-22-31-29-20(38-22)21(34)37-23(3,4)5/h13-14,16,32H,6-12H2,1-5H3. The Labute approximate surface area is 230 Å². The van der Waals surface area contributed by atoms with E-state index in [4.69, 9.17) is 4.74 Å². The first kappa shape index (κ1) is 30.7. The first-order chi connectivity index (χ1) is 18.1. The van der Waals surface area contributed by atoms with Crippen LogP contribution in [0.2, 0.25) is 0 Å². The number of aryl methyl sites for hydroxylation is 1. The zero-order valence-corrected chi connectivity index (χ0v) is 24.1. The average molecular weight is 591 g/mol. The van der Waals surface area contributed by atoms with Gasteiger partial charge in [0.05, 0.1) is 5.69 Å². The molecule has 1 unspecified atom stereocenters. The van der Waals surface area contributed by atoms with Gasteiger partial charge in [0.1, 0.15) is 11.3 Å². The first-order valence-electron chi connectivity index (χ1n) is 12.7. The molecular weight excluding hydrogens is 557 g/mol. The van der Waals surface area contributed by atoms with Crippen LogP contribution >= 0.6 is 11.3 Å². The van der Waals surface area contributed by atoms with Crippen LogP contribution in [0.3, 0.4) is 0 Å². The molecule has 1 aromatic carbocycles. The second kappa shape index (κ2) is 12.1. The number of aromatic nitrogens is 2. The molecule has 0 saturated heterocycles. The van der Waals surface area contributed by atoms with Gasteiger partial charge in [-0.25, -0.2) is 4.79 Å². The normalized spacial score (nSPS) is 16.4. The highest BCUT2D eigenvalue weighted by Crippen LogP contribution is 2.41. The van der Waals surface area contributed by atoms with Crippen LogP contribution in [0.5, 0.6) is 0 Å². The first-order valence-corrected chi connectivity index (χ1v) is 15.0. The maximum Gasteiger partial charge on any atom is 0.516 e. The highest BCUT2D eigenvalue weighted by molar-refractivity contribution is 7.93. The quantitative estimate of drug-likeness (QED) is 0.181. The highest BCUT2D eigenvalue weighted by Gasteiger charge is 2.46. The molecule has 2 aromatic rings. The van der Waals surface area contributed by atoms with Crippen LogP contribution in [-0.4, -0.2) is 48.3 Å². The number of rotatable bonds is 10. The Kier molecular flexibility index (Phi) is 9.57. The van der Waals surface area contributed by atoms with Crippen molar-refractivity contribution >= 4 is 49.5 Å². The molecule has 39 heavy (non-hydrogen) atoms. The Balaban J connectivity index is 2.01. The summed E-state index contributed by atoms with van der Waals surface area (Å²) in [4.78, 5) is 14.4. The van der Waals surface area contributed by atoms with Crippen molar-refractivity contribution in [3.63, 3.8) is 0 Å². The lowest BCUT2D eigenvalue weighted by Gasteiger charge is -2.39. The molecule has 0 saturated carbocycles. The zero-order chi connectivity index (χ0) is 29.0. The van der Waals surface area contributed by atoms with Gasteiger partial charge in [-0.2, -0.15) is 21.6 Å². The van der Waals surface area contributed by atoms with Gasteiger partial charge in [0.2, 0.25) is 5.01 Å². The van der Waals surface area contributed by atoms with E-state index in [2.05, 4.69) is 32.2 Å². The summed E-state index contributed by atoms with van der Waals surface area (Å²) in [7, 11) is -5.72. The molecule has 0 spiro atoms. The van der Waals surface area contributed by atoms with Crippen LogP contribution in [0, 0.1) is 0 Å². The van der Waals surface area contributed by atoms with Crippen molar-refractivity contribution in [1.82, 2.24) is 10.2 Å². The lowest BCUT2D eigenvalue weighted by molar-refractivity contribution is -0.0429. The Hall–Kier alpha value is -2.81. The number of hydrogen-bond acceptors (Lipinski definition) is 10. The molecule has 15 heteroatoms. The Bertz CT molecular complexity index is 1310. The monoisotopic (exact) mass is 590 g/mol. The number of halogens is 3. The van der Waals surface area contributed by atoms with Crippen molar-refractivity contribution in [3.8, 4) is 0 Å². The number of ether oxygens (including phenoxy) is 1. The fraction of sp³-hybridized carbons (Fsp3) is 0.625. The van der Waals surface area contributed by atoms with Crippen LogP contribution in [-0.2, 0) is 21.2 Å². The van der Waals surface area contributed by atoms with Gasteiger partial charge >= 0.3 is 21.5 Å². The summed E-state index contributed by atoms with van der Waals surface area (Å²) in [6.45, 7) is 9.91. The number of nitrogens with zero attached hydrogens (tertiary/aromatic N) is 5. The molecule has 216 valence electrons. The van der Waals surface area contributed by atoms with E-state index in [1.807, 2.05) is 6.92 Å². The Morgan fingerprint density at radius 1 is 1.18 bits per heavy atom. The van der Waals surface area contributed by atoms with Crippen LogP contribution in [0.25, 0.3) is 0 Å². The molecule has 0 radical (unpaired) electrons. The summed E-state index contributed by atoms with van der Waals surface area (Å²) in [5.74, 6) is -0.706. The molecule has 1 aliphatic heterocycles. The zero-order valence-electron chi connectivity index (χ0n) is 22.5. The van der Waals surface area contributed by atoms with Crippen molar-refractivity contribution in [1.29, 1.82) is 0 Å². The lowest BCUT2D eigenvalue weighted by Crippen LogP contribution is -2.39. The number of azo groups is 1. The smallest absolute Gasteiger partial charge is 0.455 e. The van der Waals surface area contributed by atoms with Gasteiger partial charge in [0.15, 0.2) is 0 Å². The van der Waals surface area contributed by atoms with Gasteiger partial charge in [-0.3, -0.25) is 4.72 Å². The number of alkyl halides is 3. The maximum atomic E-state index is 13.3. The van der Waals surface area contributed by atoms with Gasteiger partial charge in [-0.15, -0.1) is 20.4 Å².